The van der Waals surface area contributed by atoms with Gasteiger partial charge in [-0.1, -0.05) is 20.8 Å². The molecule has 0 fully saturated rings. The zero-order valence-corrected chi connectivity index (χ0v) is 13.7. The Morgan fingerprint density at radius 3 is 2.40 bits per heavy atom. The van der Waals surface area contributed by atoms with Gasteiger partial charge in [0.25, 0.3) is 0 Å². The molecule has 1 aromatic heterocycles. The number of likely N-dealkylation sites (N-methyl/N-ethyl adjacent to an activating group) is 1. The Bertz CT molecular complexity index is 429. The smallest absolute Gasteiger partial charge is 0.135 e. The van der Waals surface area contributed by atoms with Crippen LogP contribution in [0.15, 0.2) is 0 Å². The zero-order chi connectivity index (χ0) is 15.3. The molecule has 0 radical (unpaired) electrons. The van der Waals surface area contributed by atoms with Crippen LogP contribution in [0.1, 0.15) is 38.6 Å². The van der Waals surface area contributed by atoms with E-state index in [4.69, 9.17) is 5.73 Å². The van der Waals surface area contributed by atoms with E-state index in [1.54, 1.807) is 0 Å². The van der Waals surface area contributed by atoms with E-state index in [-0.39, 0.29) is 0 Å². The van der Waals surface area contributed by atoms with Crippen molar-refractivity contribution in [1.82, 2.24) is 14.9 Å². The summed E-state index contributed by atoms with van der Waals surface area (Å²) in [7, 11) is 4.17. The van der Waals surface area contributed by atoms with Gasteiger partial charge in [0.15, 0.2) is 0 Å². The summed E-state index contributed by atoms with van der Waals surface area (Å²) in [5, 5.41) is 3.54. The lowest BCUT2D eigenvalue weighted by atomic mass is 10.0. The summed E-state index contributed by atoms with van der Waals surface area (Å²) < 4.78 is 0. The number of aromatic nitrogens is 2. The third kappa shape index (κ3) is 4.63. The average molecular weight is 279 g/mol. The lowest BCUT2D eigenvalue weighted by Gasteiger charge is -2.27. The molecule has 1 heterocycles. The molecule has 0 saturated carbocycles. The third-order valence-corrected chi connectivity index (χ3v) is 3.39. The van der Waals surface area contributed by atoms with E-state index in [2.05, 4.69) is 55.1 Å². The Labute approximate surface area is 123 Å². The van der Waals surface area contributed by atoms with Gasteiger partial charge >= 0.3 is 0 Å². The van der Waals surface area contributed by atoms with Crippen molar-refractivity contribution >= 4 is 11.6 Å². The van der Waals surface area contributed by atoms with Crippen molar-refractivity contribution in [3.05, 3.63) is 11.4 Å². The molecule has 5 heteroatoms. The minimum atomic E-state index is 0.340. The molecule has 0 amide bonds. The van der Waals surface area contributed by atoms with Crippen LogP contribution in [0.2, 0.25) is 0 Å². The predicted molar refractivity (Wildman–Crippen MR) is 86.0 cm³/mol. The van der Waals surface area contributed by atoms with Gasteiger partial charge in [0.2, 0.25) is 0 Å². The van der Waals surface area contributed by atoms with Crippen molar-refractivity contribution in [2.45, 2.75) is 46.6 Å². The van der Waals surface area contributed by atoms with Crippen molar-refractivity contribution in [1.29, 1.82) is 0 Å². The molecule has 0 aliphatic heterocycles. The summed E-state index contributed by atoms with van der Waals surface area (Å²) in [5.74, 6) is 2.80. The minimum absolute atomic E-state index is 0.340. The SMILES string of the molecule is CCCc1nc(N)c(C)c(NC(CN(C)C)C(C)C)n1. The van der Waals surface area contributed by atoms with Gasteiger partial charge in [0.1, 0.15) is 17.5 Å². The van der Waals surface area contributed by atoms with Crippen LogP contribution < -0.4 is 11.1 Å². The molecule has 1 aromatic rings. The summed E-state index contributed by atoms with van der Waals surface area (Å²) >= 11 is 0. The molecule has 0 aliphatic carbocycles. The summed E-state index contributed by atoms with van der Waals surface area (Å²) in [6, 6.07) is 0.340. The average Bonchev–Trinajstić information content (AvgIpc) is 2.34. The fourth-order valence-corrected chi connectivity index (χ4v) is 2.05. The second-order valence-electron chi connectivity index (χ2n) is 6.01. The highest BCUT2D eigenvalue weighted by Crippen LogP contribution is 2.20. The second kappa shape index (κ2) is 7.43. The van der Waals surface area contributed by atoms with Crippen molar-refractivity contribution in [2.24, 2.45) is 5.92 Å². The van der Waals surface area contributed by atoms with Gasteiger partial charge in [-0.3, -0.25) is 0 Å². The number of nitrogens with zero attached hydrogens (tertiary/aromatic N) is 3. The van der Waals surface area contributed by atoms with Crippen LogP contribution in [0.25, 0.3) is 0 Å². The first-order valence-corrected chi connectivity index (χ1v) is 7.39. The van der Waals surface area contributed by atoms with E-state index in [0.717, 1.165) is 36.6 Å². The number of anilines is 2. The van der Waals surface area contributed by atoms with Crippen LogP contribution >= 0.6 is 0 Å². The Balaban J connectivity index is 2.98. The summed E-state index contributed by atoms with van der Waals surface area (Å²) in [5.41, 5.74) is 6.94. The number of hydrogen-bond donors (Lipinski definition) is 2. The van der Waals surface area contributed by atoms with E-state index in [9.17, 15) is 0 Å². The Hall–Kier alpha value is -1.36. The van der Waals surface area contributed by atoms with Gasteiger partial charge in [0, 0.05) is 24.6 Å². The first kappa shape index (κ1) is 16.7. The highest BCUT2D eigenvalue weighted by atomic mass is 15.1. The lowest BCUT2D eigenvalue weighted by Crippen LogP contribution is -2.37. The number of nitrogen functional groups attached to an aromatic ring is 1. The van der Waals surface area contributed by atoms with Gasteiger partial charge in [-0.05, 0) is 33.4 Å². The summed E-state index contributed by atoms with van der Waals surface area (Å²) in [4.78, 5) is 11.2. The number of nitrogens with two attached hydrogens (primary N) is 1. The molecule has 1 rings (SSSR count). The topological polar surface area (TPSA) is 67.1 Å². The van der Waals surface area contributed by atoms with Crippen LogP contribution in [-0.4, -0.2) is 41.5 Å². The van der Waals surface area contributed by atoms with Gasteiger partial charge in [0.05, 0.1) is 0 Å². The zero-order valence-electron chi connectivity index (χ0n) is 13.7. The van der Waals surface area contributed by atoms with E-state index < -0.39 is 0 Å². The number of rotatable bonds is 7. The van der Waals surface area contributed by atoms with E-state index in [1.165, 1.54) is 0 Å². The van der Waals surface area contributed by atoms with Crippen molar-refractivity contribution in [2.75, 3.05) is 31.7 Å². The predicted octanol–water partition coefficient (Wildman–Crippen LogP) is 2.32. The van der Waals surface area contributed by atoms with Crippen molar-refractivity contribution in [3.8, 4) is 0 Å². The first-order chi connectivity index (χ1) is 9.35. The molecule has 0 bridgehead atoms. The molecule has 0 aromatic carbocycles. The molecule has 114 valence electrons. The molecule has 0 aliphatic rings. The van der Waals surface area contributed by atoms with Crippen molar-refractivity contribution in [3.63, 3.8) is 0 Å². The van der Waals surface area contributed by atoms with E-state index >= 15 is 0 Å². The lowest BCUT2D eigenvalue weighted by molar-refractivity contribution is 0.344. The fourth-order valence-electron chi connectivity index (χ4n) is 2.05. The molecule has 5 nitrogen and oxygen atoms in total. The quantitative estimate of drug-likeness (QED) is 0.802. The molecule has 0 saturated heterocycles. The largest absolute Gasteiger partial charge is 0.383 e. The van der Waals surface area contributed by atoms with Crippen LogP contribution in [-0.2, 0) is 6.42 Å². The molecule has 20 heavy (non-hydrogen) atoms. The second-order valence-corrected chi connectivity index (χ2v) is 6.01. The van der Waals surface area contributed by atoms with Crippen molar-refractivity contribution < 1.29 is 0 Å². The molecular weight excluding hydrogens is 250 g/mol. The Morgan fingerprint density at radius 2 is 1.90 bits per heavy atom. The maximum Gasteiger partial charge on any atom is 0.135 e. The first-order valence-electron chi connectivity index (χ1n) is 7.39. The third-order valence-electron chi connectivity index (χ3n) is 3.39. The number of hydrogen-bond acceptors (Lipinski definition) is 5. The number of aryl methyl sites for hydroxylation is 1. The van der Waals surface area contributed by atoms with Gasteiger partial charge in [-0.15, -0.1) is 0 Å². The Morgan fingerprint density at radius 1 is 1.25 bits per heavy atom. The number of nitrogens with one attached hydrogen (secondary N) is 1. The molecule has 0 spiro atoms. The van der Waals surface area contributed by atoms with Crippen LogP contribution in [0.3, 0.4) is 0 Å². The maximum atomic E-state index is 6.00. The molecular formula is C15H29N5. The monoisotopic (exact) mass is 279 g/mol. The standard InChI is InChI=1S/C15H29N5/c1-7-8-13-18-14(16)11(4)15(19-13)17-12(10(2)3)9-20(5)6/h10,12H,7-9H2,1-6H3,(H3,16,17,18,19). The maximum absolute atomic E-state index is 6.00. The molecule has 1 unspecified atom stereocenters. The Kier molecular flexibility index (Phi) is 6.20. The minimum Gasteiger partial charge on any atom is -0.383 e. The normalized spacial score (nSPS) is 13.0. The molecule has 3 N–H and O–H groups in total. The van der Waals surface area contributed by atoms with E-state index in [1.807, 2.05) is 6.92 Å². The fraction of sp³-hybridized carbons (Fsp3) is 0.733. The van der Waals surface area contributed by atoms with Crippen LogP contribution in [0, 0.1) is 12.8 Å². The summed E-state index contributed by atoms with van der Waals surface area (Å²) in [6.07, 6.45) is 1.88. The summed E-state index contributed by atoms with van der Waals surface area (Å²) in [6.45, 7) is 9.49. The highest BCUT2D eigenvalue weighted by Gasteiger charge is 2.17. The van der Waals surface area contributed by atoms with E-state index in [0.29, 0.717) is 17.8 Å². The molecule has 1 atom stereocenters. The highest BCUT2D eigenvalue weighted by molar-refractivity contribution is 5.55. The van der Waals surface area contributed by atoms with Gasteiger partial charge in [-0.2, -0.15) is 0 Å². The van der Waals surface area contributed by atoms with Crippen LogP contribution in [0.5, 0.6) is 0 Å². The van der Waals surface area contributed by atoms with Gasteiger partial charge in [-0.25, -0.2) is 9.97 Å². The van der Waals surface area contributed by atoms with Crippen LogP contribution in [0.4, 0.5) is 11.6 Å². The van der Waals surface area contributed by atoms with Gasteiger partial charge < -0.3 is 16.0 Å².